The molecule has 3 heterocycles. The number of ether oxygens (including phenoxy) is 1. The molecule has 2 atom stereocenters. The molecule has 2 aliphatic rings. The van der Waals surface area contributed by atoms with Gasteiger partial charge in [-0.2, -0.15) is 9.97 Å². The molecule has 0 saturated carbocycles. The van der Waals surface area contributed by atoms with Crippen molar-refractivity contribution < 1.29 is 14.6 Å². The molecule has 1 aromatic heterocycles. The number of hydrogen-bond donors (Lipinski definition) is 2. The summed E-state index contributed by atoms with van der Waals surface area (Å²) in [4.78, 5) is 26.6. The number of aromatic carboxylic acids is 1. The van der Waals surface area contributed by atoms with Gasteiger partial charge in [0.2, 0.25) is 0 Å². The summed E-state index contributed by atoms with van der Waals surface area (Å²) in [6.45, 7) is 6.00. The smallest absolute Gasteiger partial charge is 0.357 e. The molecule has 3 N–H and O–H groups in total. The second-order valence-corrected chi connectivity index (χ2v) is 7.29. The van der Waals surface area contributed by atoms with E-state index in [0.29, 0.717) is 18.5 Å². The van der Waals surface area contributed by atoms with Crippen LogP contribution in [0.3, 0.4) is 0 Å². The maximum Gasteiger partial charge on any atom is 0.357 e. The zero-order valence-corrected chi connectivity index (χ0v) is 15.7. The minimum atomic E-state index is -1.17. The number of hydrogen-bond acceptors (Lipinski definition) is 8. The number of aromatic nitrogens is 2. The molecule has 1 aromatic rings. The topological polar surface area (TPSA) is 108 Å². The Balaban J connectivity index is 1.85. The predicted octanol–water partition coefficient (Wildman–Crippen LogP) is 0.370. The van der Waals surface area contributed by atoms with Crippen LogP contribution in [0.5, 0.6) is 6.01 Å². The fourth-order valence-electron chi connectivity index (χ4n) is 3.70. The van der Waals surface area contributed by atoms with Crippen LogP contribution in [0.25, 0.3) is 0 Å². The summed E-state index contributed by atoms with van der Waals surface area (Å²) in [6, 6.07) is 0.551. The van der Waals surface area contributed by atoms with Crippen LogP contribution < -0.4 is 15.4 Å². The van der Waals surface area contributed by atoms with Gasteiger partial charge >= 0.3 is 12.0 Å². The van der Waals surface area contributed by atoms with Crippen molar-refractivity contribution in [1.82, 2.24) is 19.8 Å². The molecule has 9 heteroatoms. The first-order valence-corrected chi connectivity index (χ1v) is 9.06. The van der Waals surface area contributed by atoms with Crippen molar-refractivity contribution in [3.05, 3.63) is 5.69 Å². The summed E-state index contributed by atoms with van der Waals surface area (Å²) in [5.74, 6) is -0.719. The average Bonchev–Trinajstić information content (AvgIpc) is 2.99. The molecule has 0 radical (unpaired) electrons. The highest BCUT2D eigenvalue weighted by Gasteiger charge is 2.29. The van der Waals surface area contributed by atoms with E-state index >= 15 is 0 Å². The van der Waals surface area contributed by atoms with Crippen LogP contribution in [0.4, 0.5) is 11.5 Å². The Bertz CT molecular complexity index is 670. The molecule has 0 amide bonds. The van der Waals surface area contributed by atoms with E-state index in [1.165, 1.54) is 0 Å². The van der Waals surface area contributed by atoms with E-state index < -0.39 is 5.97 Å². The molecule has 2 aliphatic heterocycles. The van der Waals surface area contributed by atoms with E-state index in [1.54, 1.807) is 0 Å². The van der Waals surface area contributed by atoms with Crippen molar-refractivity contribution in [2.45, 2.75) is 31.8 Å². The van der Waals surface area contributed by atoms with Gasteiger partial charge in [-0.3, -0.25) is 0 Å². The number of piperazine rings is 1. The molecular weight excluding hydrogens is 336 g/mol. The summed E-state index contributed by atoms with van der Waals surface area (Å²) < 4.78 is 5.77. The molecule has 26 heavy (non-hydrogen) atoms. The fourth-order valence-corrected chi connectivity index (χ4v) is 3.70. The van der Waals surface area contributed by atoms with Gasteiger partial charge in [-0.05, 0) is 40.4 Å². The molecule has 0 spiro atoms. The van der Waals surface area contributed by atoms with Gasteiger partial charge < -0.3 is 30.3 Å². The predicted molar refractivity (Wildman–Crippen MR) is 98.9 cm³/mol. The molecule has 9 nitrogen and oxygen atoms in total. The second-order valence-electron chi connectivity index (χ2n) is 7.29. The Morgan fingerprint density at radius 2 is 2.08 bits per heavy atom. The van der Waals surface area contributed by atoms with Gasteiger partial charge in [0.1, 0.15) is 12.3 Å². The van der Waals surface area contributed by atoms with E-state index in [9.17, 15) is 9.90 Å². The summed E-state index contributed by atoms with van der Waals surface area (Å²) in [7, 11) is 4.12. The maximum atomic E-state index is 11.6. The minimum Gasteiger partial charge on any atom is -0.476 e. The van der Waals surface area contributed by atoms with E-state index in [1.807, 2.05) is 4.90 Å². The third-order valence-corrected chi connectivity index (χ3v) is 5.29. The Morgan fingerprint density at radius 1 is 1.31 bits per heavy atom. The van der Waals surface area contributed by atoms with E-state index in [-0.39, 0.29) is 23.4 Å². The van der Waals surface area contributed by atoms with Gasteiger partial charge in [-0.15, -0.1) is 0 Å². The van der Waals surface area contributed by atoms with Gasteiger partial charge in [0, 0.05) is 31.7 Å². The van der Waals surface area contributed by atoms with Crippen LogP contribution in [0, 0.1) is 0 Å². The quantitative estimate of drug-likeness (QED) is 0.766. The normalized spacial score (nSPS) is 24.8. The first-order valence-electron chi connectivity index (χ1n) is 9.06. The van der Waals surface area contributed by atoms with Crippen LogP contribution in [-0.4, -0.2) is 89.8 Å². The van der Waals surface area contributed by atoms with Gasteiger partial charge in [0.15, 0.2) is 11.5 Å². The fraction of sp³-hybridized carbons (Fsp3) is 0.706. The van der Waals surface area contributed by atoms with Gasteiger partial charge in [-0.25, -0.2) is 4.79 Å². The number of nitrogens with zero attached hydrogens (tertiary/aromatic N) is 5. The highest BCUT2D eigenvalue weighted by atomic mass is 16.5. The molecular formula is C17H28N6O3. The van der Waals surface area contributed by atoms with Crippen LogP contribution in [0.2, 0.25) is 0 Å². The number of anilines is 2. The second kappa shape index (κ2) is 7.63. The van der Waals surface area contributed by atoms with Gasteiger partial charge in [0.05, 0.1) is 0 Å². The number of nitrogen functional groups attached to an aromatic ring is 1. The number of carbonyl (C=O) groups is 1. The zero-order chi connectivity index (χ0) is 18.8. The number of carboxylic acids is 1. The Labute approximate surface area is 153 Å². The molecule has 3 rings (SSSR count). The molecule has 0 aliphatic carbocycles. The van der Waals surface area contributed by atoms with E-state index in [0.717, 1.165) is 39.0 Å². The van der Waals surface area contributed by atoms with Crippen LogP contribution in [-0.2, 0) is 0 Å². The zero-order valence-electron chi connectivity index (χ0n) is 15.7. The summed E-state index contributed by atoms with van der Waals surface area (Å²) in [6.07, 6.45) is 2.19. The molecule has 144 valence electrons. The molecule has 0 unspecified atom stereocenters. The van der Waals surface area contributed by atoms with Crippen molar-refractivity contribution in [3.63, 3.8) is 0 Å². The lowest BCUT2D eigenvalue weighted by atomic mass is 10.2. The SMILES string of the molecule is C[C@H]1CN(C)CCN1c1nc(OC[C@@H]2CCCN2C)nc(C(=O)O)c1N. The van der Waals surface area contributed by atoms with Crippen molar-refractivity contribution in [2.75, 3.05) is 57.5 Å². The third-order valence-electron chi connectivity index (χ3n) is 5.29. The largest absolute Gasteiger partial charge is 0.476 e. The maximum absolute atomic E-state index is 11.6. The molecule has 0 aromatic carbocycles. The highest BCUT2D eigenvalue weighted by Crippen LogP contribution is 2.29. The summed E-state index contributed by atoms with van der Waals surface area (Å²) >= 11 is 0. The minimum absolute atomic E-state index is 0.0815. The first-order chi connectivity index (χ1) is 12.4. The van der Waals surface area contributed by atoms with Crippen LogP contribution >= 0.6 is 0 Å². The number of likely N-dealkylation sites (N-methyl/N-ethyl adjacent to an activating group) is 2. The summed E-state index contributed by atoms with van der Waals surface area (Å²) in [5, 5.41) is 9.48. The molecule has 2 fully saturated rings. The van der Waals surface area contributed by atoms with Gasteiger partial charge in [-0.1, -0.05) is 0 Å². The number of carboxylic acid groups (broad SMARTS) is 1. The average molecular weight is 364 g/mol. The van der Waals surface area contributed by atoms with E-state index in [4.69, 9.17) is 10.5 Å². The van der Waals surface area contributed by atoms with Crippen molar-refractivity contribution in [2.24, 2.45) is 0 Å². The molecule has 0 bridgehead atoms. The van der Waals surface area contributed by atoms with E-state index in [2.05, 4.69) is 40.8 Å². The summed E-state index contributed by atoms with van der Waals surface area (Å²) in [5.41, 5.74) is 5.99. The number of likely N-dealkylation sites (tertiary alicyclic amines) is 1. The highest BCUT2D eigenvalue weighted by molar-refractivity contribution is 5.94. The monoisotopic (exact) mass is 364 g/mol. The standard InChI is InChI=1S/C17H28N6O3/c1-11-9-21(2)7-8-23(11)15-13(18)14(16(24)25)19-17(20-15)26-10-12-5-4-6-22(12)3/h11-12H,4-10,18H2,1-3H3,(H,24,25)/t11-,12-/m0/s1. The number of nitrogens with two attached hydrogens (primary N) is 1. The lowest BCUT2D eigenvalue weighted by Gasteiger charge is -2.39. The van der Waals surface area contributed by atoms with Crippen LogP contribution in [0.15, 0.2) is 0 Å². The van der Waals surface area contributed by atoms with Crippen molar-refractivity contribution in [3.8, 4) is 6.01 Å². The number of rotatable bonds is 5. The Hall–Kier alpha value is -2.13. The van der Waals surface area contributed by atoms with Crippen LogP contribution in [0.1, 0.15) is 30.3 Å². The Kier molecular flexibility index (Phi) is 5.47. The lowest BCUT2D eigenvalue weighted by Crippen LogP contribution is -2.51. The lowest BCUT2D eigenvalue weighted by molar-refractivity contribution is 0.0689. The first kappa shape index (κ1) is 18.7. The molecule has 2 saturated heterocycles. The van der Waals surface area contributed by atoms with Gasteiger partial charge in [0.25, 0.3) is 0 Å². The third kappa shape index (κ3) is 3.83. The van der Waals surface area contributed by atoms with Crippen molar-refractivity contribution >= 4 is 17.5 Å². The Morgan fingerprint density at radius 3 is 2.69 bits per heavy atom. The van der Waals surface area contributed by atoms with Crippen molar-refractivity contribution in [1.29, 1.82) is 0 Å².